The molecule has 0 aliphatic carbocycles. The van der Waals surface area contributed by atoms with Crippen molar-refractivity contribution in [3.8, 4) is 0 Å². The van der Waals surface area contributed by atoms with Crippen molar-refractivity contribution < 1.29 is 19.4 Å². The highest BCUT2D eigenvalue weighted by atomic mass is 16.5. The maximum Gasteiger partial charge on any atom is 0.228 e. The molecule has 6 nitrogen and oxygen atoms in total. The van der Waals surface area contributed by atoms with Gasteiger partial charge in [-0.2, -0.15) is 0 Å². The number of likely N-dealkylation sites (tertiary alicyclic amines) is 1. The first-order chi connectivity index (χ1) is 9.13. The first-order valence-electron chi connectivity index (χ1n) is 6.41. The van der Waals surface area contributed by atoms with Crippen molar-refractivity contribution in [1.29, 1.82) is 0 Å². The van der Waals surface area contributed by atoms with Crippen LogP contribution in [0.2, 0.25) is 0 Å². The molecule has 0 bridgehead atoms. The minimum absolute atomic E-state index is 0.0158. The number of hydrogen-bond acceptors (Lipinski definition) is 4. The molecular weight excluding hydrogens is 248 g/mol. The van der Waals surface area contributed by atoms with E-state index in [0.29, 0.717) is 26.2 Å². The number of carbonyl (C=O) groups excluding carboxylic acids is 2. The van der Waals surface area contributed by atoms with Gasteiger partial charge in [0.1, 0.15) is 0 Å². The maximum atomic E-state index is 12.2. The number of carbonyl (C=O) groups is 2. The van der Waals surface area contributed by atoms with Crippen molar-refractivity contribution in [3.63, 3.8) is 0 Å². The number of ether oxygens (including phenoxy) is 1. The Morgan fingerprint density at radius 3 is 3.00 bits per heavy atom. The molecule has 19 heavy (non-hydrogen) atoms. The van der Waals surface area contributed by atoms with E-state index in [1.54, 1.807) is 18.1 Å². The van der Waals surface area contributed by atoms with Crippen LogP contribution in [-0.2, 0) is 14.3 Å². The zero-order valence-corrected chi connectivity index (χ0v) is 11.4. The van der Waals surface area contributed by atoms with Gasteiger partial charge in [0.25, 0.3) is 0 Å². The van der Waals surface area contributed by atoms with Gasteiger partial charge in [-0.3, -0.25) is 9.59 Å². The average molecular weight is 270 g/mol. The molecule has 0 aromatic carbocycles. The molecule has 2 amide bonds. The normalized spacial score (nSPS) is 18.7. The van der Waals surface area contributed by atoms with Crippen LogP contribution in [0.4, 0.5) is 0 Å². The molecule has 1 fully saturated rings. The number of nitrogens with zero attached hydrogens (tertiary/aromatic N) is 2. The number of aliphatic hydroxyl groups is 1. The molecule has 1 saturated heterocycles. The van der Waals surface area contributed by atoms with Gasteiger partial charge < -0.3 is 19.6 Å². The van der Waals surface area contributed by atoms with Crippen molar-refractivity contribution in [1.82, 2.24) is 9.80 Å². The van der Waals surface area contributed by atoms with Crippen LogP contribution in [-0.4, -0.2) is 73.2 Å². The summed E-state index contributed by atoms with van der Waals surface area (Å²) in [6.07, 6.45) is 1.86. The van der Waals surface area contributed by atoms with Crippen LogP contribution in [0.5, 0.6) is 0 Å². The van der Waals surface area contributed by atoms with E-state index in [4.69, 9.17) is 9.84 Å². The third-order valence-corrected chi connectivity index (χ3v) is 3.16. The molecule has 0 radical (unpaired) electrons. The van der Waals surface area contributed by atoms with Crippen LogP contribution in [0.1, 0.15) is 6.42 Å². The molecule has 1 atom stereocenters. The fraction of sp³-hybridized carbons (Fsp3) is 0.692. The van der Waals surface area contributed by atoms with Crippen molar-refractivity contribution in [2.75, 3.05) is 46.5 Å². The van der Waals surface area contributed by atoms with E-state index < -0.39 is 0 Å². The van der Waals surface area contributed by atoms with Gasteiger partial charge in [0.15, 0.2) is 0 Å². The highest BCUT2D eigenvalue weighted by molar-refractivity contribution is 5.89. The van der Waals surface area contributed by atoms with Gasteiger partial charge in [-0.1, -0.05) is 6.08 Å². The second kappa shape index (κ2) is 7.91. The number of aliphatic hydroxyl groups excluding tert-OH is 1. The van der Waals surface area contributed by atoms with E-state index in [1.807, 2.05) is 0 Å². The Hall–Kier alpha value is -1.40. The first-order valence-corrected chi connectivity index (χ1v) is 6.41. The lowest BCUT2D eigenvalue weighted by Crippen LogP contribution is -2.39. The second-order valence-electron chi connectivity index (χ2n) is 4.53. The predicted molar refractivity (Wildman–Crippen MR) is 70.4 cm³/mol. The minimum atomic E-state index is -0.323. The Bertz CT molecular complexity index is 333. The van der Waals surface area contributed by atoms with Crippen LogP contribution in [0.15, 0.2) is 12.7 Å². The van der Waals surface area contributed by atoms with Gasteiger partial charge in [-0.15, -0.1) is 6.58 Å². The van der Waals surface area contributed by atoms with Gasteiger partial charge in [-0.05, 0) is 0 Å². The van der Waals surface area contributed by atoms with E-state index in [1.165, 1.54) is 4.90 Å². The van der Waals surface area contributed by atoms with Gasteiger partial charge >= 0.3 is 0 Å². The summed E-state index contributed by atoms with van der Waals surface area (Å²) in [4.78, 5) is 27.2. The number of rotatable bonds is 8. The second-order valence-corrected chi connectivity index (χ2v) is 4.53. The number of hydrogen-bond donors (Lipinski definition) is 1. The summed E-state index contributed by atoms with van der Waals surface area (Å²) in [7, 11) is 1.58. The van der Waals surface area contributed by atoms with Gasteiger partial charge in [0.05, 0.1) is 19.1 Å². The average Bonchev–Trinajstić information content (AvgIpc) is 2.76. The number of amides is 2. The molecule has 0 aromatic rings. The monoisotopic (exact) mass is 270 g/mol. The Balaban J connectivity index is 2.57. The summed E-state index contributed by atoms with van der Waals surface area (Å²) in [5.41, 5.74) is 0. The molecule has 1 rings (SSSR count). The van der Waals surface area contributed by atoms with Crippen molar-refractivity contribution in [2.45, 2.75) is 6.42 Å². The zero-order chi connectivity index (χ0) is 14.3. The molecule has 0 spiro atoms. The fourth-order valence-electron chi connectivity index (χ4n) is 2.18. The standard InChI is InChI=1S/C13H22N2O4/c1-3-4-14(5-7-16)13(18)11-9-12(17)15(10-11)6-8-19-2/h3,11,16H,1,4-10H2,2H3. The molecule has 0 aromatic heterocycles. The first kappa shape index (κ1) is 15.7. The van der Waals surface area contributed by atoms with E-state index in [0.717, 1.165) is 0 Å². The molecule has 1 aliphatic heterocycles. The third-order valence-electron chi connectivity index (χ3n) is 3.16. The van der Waals surface area contributed by atoms with Crippen LogP contribution < -0.4 is 0 Å². The van der Waals surface area contributed by atoms with E-state index in [9.17, 15) is 9.59 Å². The van der Waals surface area contributed by atoms with E-state index in [2.05, 4.69) is 6.58 Å². The molecule has 1 heterocycles. The van der Waals surface area contributed by atoms with Gasteiger partial charge in [-0.25, -0.2) is 0 Å². The summed E-state index contributed by atoms with van der Waals surface area (Å²) >= 11 is 0. The number of methoxy groups -OCH3 is 1. The van der Waals surface area contributed by atoms with Crippen molar-refractivity contribution in [3.05, 3.63) is 12.7 Å². The predicted octanol–water partition coefficient (Wildman–Crippen LogP) is -0.512. The smallest absolute Gasteiger partial charge is 0.228 e. The highest BCUT2D eigenvalue weighted by Gasteiger charge is 2.35. The zero-order valence-electron chi connectivity index (χ0n) is 11.4. The van der Waals surface area contributed by atoms with Crippen molar-refractivity contribution in [2.24, 2.45) is 5.92 Å². The van der Waals surface area contributed by atoms with Crippen LogP contribution >= 0.6 is 0 Å². The van der Waals surface area contributed by atoms with E-state index >= 15 is 0 Å². The summed E-state index contributed by atoms with van der Waals surface area (Å²) in [6.45, 7) is 5.58. The SMILES string of the molecule is C=CCN(CCO)C(=O)C1CC(=O)N(CCOC)C1. The molecule has 6 heteroatoms. The summed E-state index contributed by atoms with van der Waals surface area (Å²) < 4.78 is 4.94. The largest absolute Gasteiger partial charge is 0.395 e. The van der Waals surface area contributed by atoms with Crippen LogP contribution in [0.3, 0.4) is 0 Å². The fourth-order valence-corrected chi connectivity index (χ4v) is 2.18. The molecule has 1 aliphatic rings. The van der Waals surface area contributed by atoms with Crippen molar-refractivity contribution >= 4 is 11.8 Å². The topological polar surface area (TPSA) is 70.1 Å². The summed E-state index contributed by atoms with van der Waals surface area (Å²) in [5.74, 6) is -0.434. The van der Waals surface area contributed by atoms with Gasteiger partial charge in [0, 0.05) is 39.7 Å². The Morgan fingerprint density at radius 2 is 2.42 bits per heavy atom. The molecule has 0 saturated carbocycles. The van der Waals surface area contributed by atoms with Gasteiger partial charge in [0.2, 0.25) is 11.8 Å². The Morgan fingerprint density at radius 1 is 1.68 bits per heavy atom. The Kier molecular flexibility index (Phi) is 6.52. The minimum Gasteiger partial charge on any atom is -0.395 e. The quantitative estimate of drug-likeness (QED) is 0.603. The molecular formula is C13H22N2O4. The molecule has 1 N–H and O–H groups in total. The van der Waals surface area contributed by atoms with Crippen LogP contribution in [0, 0.1) is 5.92 Å². The highest BCUT2D eigenvalue weighted by Crippen LogP contribution is 2.19. The van der Waals surface area contributed by atoms with E-state index in [-0.39, 0.29) is 37.3 Å². The molecule has 108 valence electrons. The molecule has 1 unspecified atom stereocenters. The third kappa shape index (κ3) is 4.33. The lowest BCUT2D eigenvalue weighted by atomic mass is 10.1. The summed E-state index contributed by atoms with van der Waals surface area (Å²) in [6, 6.07) is 0. The Labute approximate surface area is 113 Å². The van der Waals surface area contributed by atoms with Crippen LogP contribution in [0.25, 0.3) is 0 Å². The lowest BCUT2D eigenvalue weighted by Gasteiger charge is -2.23. The lowest BCUT2D eigenvalue weighted by molar-refractivity contribution is -0.135. The maximum absolute atomic E-state index is 12.2. The summed E-state index contributed by atoms with van der Waals surface area (Å²) in [5, 5.41) is 8.95.